The minimum absolute atomic E-state index is 0.0253. The summed E-state index contributed by atoms with van der Waals surface area (Å²) < 4.78 is 52.2. The fourth-order valence-corrected chi connectivity index (χ4v) is 4.87. The lowest BCUT2D eigenvalue weighted by atomic mass is 9.90. The molecule has 1 saturated heterocycles. The van der Waals surface area contributed by atoms with Crippen LogP contribution in [-0.2, 0) is 20.2 Å². The fraction of sp³-hybridized carbons (Fsp3) is 0.346. The number of piperidine rings is 1. The number of nitrogens with zero attached hydrogens (tertiary/aromatic N) is 5. The second-order valence-corrected chi connectivity index (χ2v) is 9.39. The first kappa shape index (κ1) is 25.3. The first-order valence-corrected chi connectivity index (χ1v) is 12.3. The number of para-hydroxylation sites is 1. The normalized spacial score (nSPS) is 15.0. The van der Waals surface area contributed by atoms with Gasteiger partial charge in [-0.15, -0.1) is 5.10 Å². The largest absolute Gasteiger partial charge is 0.471 e. The Balaban J connectivity index is 1.24. The molecule has 2 aromatic carbocycles. The van der Waals surface area contributed by atoms with Gasteiger partial charge >= 0.3 is 6.61 Å². The lowest BCUT2D eigenvalue weighted by Crippen LogP contribution is -2.33. The monoisotopic (exact) mass is 531 g/mol. The molecule has 2 aromatic heterocycles. The predicted octanol–water partition coefficient (Wildman–Crippen LogP) is 5.72. The molecule has 1 aliphatic rings. The van der Waals surface area contributed by atoms with Gasteiger partial charge in [0.25, 0.3) is 0 Å². The van der Waals surface area contributed by atoms with Gasteiger partial charge in [-0.3, -0.25) is 4.90 Å². The average molecular weight is 532 g/mol. The van der Waals surface area contributed by atoms with E-state index in [4.69, 9.17) is 16.3 Å². The van der Waals surface area contributed by atoms with Crippen molar-refractivity contribution in [2.75, 3.05) is 13.1 Å². The lowest BCUT2D eigenvalue weighted by Gasteiger charge is -2.32. The van der Waals surface area contributed by atoms with Crippen LogP contribution in [0.4, 0.5) is 13.2 Å². The zero-order chi connectivity index (χ0) is 25.9. The molecule has 0 amide bonds. The van der Waals surface area contributed by atoms with Crippen molar-refractivity contribution in [3.05, 3.63) is 76.5 Å². The number of alkyl halides is 2. The third kappa shape index (κ3) is 5.65. The highest BCUT2D eigenvalue weighted by Gasteiger charge is 2.25. The van der Waals surface area contributed by atoms with Gasteiger partial charge in [0.05, 0.1) is 18.3 Å². The Morgan fingerprint density at radius 1 is 1.14 bits per heavy atom. The van der Waals surface area contributed by atoms with Gasteiger partial charge in [-0.1, -0.05) is 23.7 Å². The molecule has 0 atom stereocenters. The Morgan fingerprint density at radius 3 is 2.70 bits per heavy atom. The summed E-state index contributed by atoms with van der Waals surface area (Å²) in [6, 6.07) is 11.4. The van der Waals surface area contributed by atoms with E-state index in [1.807, 2.05) is 23.7 Å². The third-order valence-corrected chi connectivity index (χ3v) is 6.91. The van der Waals surface area contributed by atoms with Crippen LogP contribution in [0.3, 0.4) is 0 Å². The maximum absolute atomic E-state index is 14.2. The minimum atomic E-state index is -2.91. The number of imidazole rings is 1. The van der Waals surface area contributed by atoms with Crippen LogP contribution in [0.15, 0.2) is 48.7 Å². The molecule has 0 aliphatic carbocycles. The molecule has 1 fully saturated rings. The van der Waals surface area contributed by atoms with Gasteiger partial charge in [0.2, 0.25) is 5.88 Å². The van der Waals surface area contributed by atoms with Gasteiger partial charge in [-0.05, 0) is 62.2 Å². The summed E-state index contributed by atoms with van der Waals surface area (Å²) >= 11 is 5.83. The van der Waals surface area contributed by atoms with E-state index in [0.29, 0.717) is 28.5 Å². The first-order chi connectivity index (χ1) is 17.9. The summed E-state index contributed by atoms with van der Waals surface area (Å²) in [5.41, 5.74) is 2.50. The summed E-state index contributed by atoms with van der Waals surface area (Å²) in [4.78, 5) is 6.88. The van der Waals surface area contributed by atoms with Crippen LogP contribution in [0, 0.1) is 5.82 Å². The molecule has 0 unspecified atom stereocenters. The number of hydrogen-bond acceptors (Lipinski definition) is 6. The molecule has 0 N–H and O–H groups in total. The van der Waals surface area contributed by atoms with Crippen LogP contribution in [0.25, 0.3) is 11.0 Å². The zero-order valence-corrected chi connectivity index (χ0v) is 20.8. The van der Waals surface area contributed by atoms with E-state index in [2.05, 4.69) is 24.8 Å². The standard InChI is InChI=1S/C26H25ClF3N5O2/c1-34-21-3-2-4-22(37-26(29)30)24(21)32-23(34)14-35-11-8-16(9-12-35)19-7-10-31-33-25(19)36-15-17-5-6-18(27)13-20(17)28/h2-7,10,13,16,26H,8-9,11-12,14-15H2,1H3. The molecule has 194 valence electrons. The number of hydrogen-bond donors (Lipinski definition) is 0. The van der Waals surface area contributed by atoms with Crippen molar-refractivity contribution in [2.24, 2.45) is 7.05 Å². The summed E-state index contributed by atoms with van der Waals surface area (Å²) in [5.74, 6) is 1.03. The second kappa shape index (κ2) is 10.9. The van der Waals surface area contributed by atoms with Crippen LogP contribution in [0.2, 0.25) is 5.02 Å². The predicted molar refractivity (Wildman–Crippen MR) is 132 cm³/mol. The van der Waals surface area contributed by atoms with Crippen LogP contribution >= 0.6 is 11.6 Å². The van der Waals surface area contributed by atoms with Gasteiger partial charge in [0.1, 0.15) is 23.8 Å². The Morgan fingerprint density at radius 2 is 1.95 bits per heavy atom. The van der Waals surface area contributed by atoms with Crippen LogP contribution in [-0.4, -0.2) is 44.3 Å². The molecule has 0 bridgehead atoms. The van der Waals surface area contributed by atoms with Crippen LogP contribution < -0.4 is 9.47 Å². The Labute approximate surface area is 216 Å². The maximum Gasteiger partial charge on any atom is 0.387 e. The molecule has 1 aliphatic heterocycles. The molecule has 0 spiro atoms. The highest BCUT2D eigenvalue weighted by atomic mass is 35.5. The number of fused-ring (bicyclic) bond motifs is 1. The van der Waals surface area contributed by atoms with E-state index < -0.39 is 12.4 Å². The van der Waals surface area contributed by atoms with Crippen molar-refractivity contribution in [1.29, 1.82) is 0 Å². The molecule has 0 radical (unpaired) electrons. The summed E-state index contributed by atoms with van der Waals surface area (Å²) in [7, 11) is 1.87. The van der Waals surface area contributed by atoms with E-state index in [9.17, 15) is 13.2 Å². The smallest absolute Gasteiger partial charge is 0.387 e. The van der Waals surface area contributed by atoms with Crippen molar-refractivity contribution < 1.29 is 22.6 Å². The first-order valence-electron chi connectivity index (χ1n) is 11.9. The van der Waals surface area contributed by atoms with Gasteiger partial charge in [0.15, 0.2) is 5.75 Å². The summed E-state index contributed by atoms with van der Waals surface area (Å²) in [5, 5.41) is 8.43. The van der Waals surface area contributed by atoms with Crippen molar-refractivity contribution in [3.8, 4) is 11.6 Å². The molecule has 5 rings (SSSR count). The Hall–Kier alpha value is -3.37. The molecular formula is C26H25ClF3N5O2. The van der Waals surface area contributed by atoms with Crippen molar-refractivity contribution in [2.45, 2.75) is 38.5 Å². The van der Waals surface area contributed by atoms with Gasteiger partial charge in [0, 0.05) is 23.2 Å². The second-order valence-electron chi connectivity index (χ2n) is 8.96. The van der Waals surface area contributed by atoms with Gasteiger partial charge in [-0.2, -0.15) is 13.9 Å². The molecule has 4 aromatic rings. The van der Waals surface area contributed by atoms with Crippen LogP contribution in [0.5, 0.6) is 11.6 Å². The Kier molecular flexibility index (Phi) is 7.48. The highest BCUT2D eigenvalue weighted by molar-refractivity contribution is 6.30. The lowest BCUT2D eigenvalue weighted by molar-refractivity contribution is -0.0489. The van der Waals surface area contributed by atoms with E-state index >= 15 is 0 Å². The van der Waals surface area contributed by atoms with Gasteiger partial charge in [-0.25, -0.2) is 9.37 Å². The maximum atomic E-state index is 14.2. The molecule has 37 heavy (non-hydrogen) atoms. The minimum Gasteiger partial charge on any atom is -0.471 e. The quantitative estimate of drug-likeness (QED) is 0.290. The number of benzene rings is 2. The van der Waals surface area contributed by atoms with E-state index in [-0.39, 0.29) is 18.3 Å². The number of aryl methyl sites for hydroxylation is 1. The van der Waals surface area contributed by atoms with Crippen molar-refractivity contribution >= 4 is 22.6 Å². The van der Waals surface area contributed by atoms with E-state index in [1.54, 1.807) is 24.4 Å². The molecule has 11 heteroatoms. The molecule has 7 nitrogen and oxygen atoms in total. The number of ether oxygens (including phenoxy) is 2. The van der Waals surface area contributed by atoms with Gasteiger partial charge < -0.3 is 14.0 Å². The Bertz CT molecular complexity index is 1390. The summed E-state index contributed by atoms with van der Waals surface area (Å²) in [6.07, 6.45) is 3.36. The van der Waals surface area contributed by atoms with Crippen molar-refractivity contribution in [1.82, 2.24) is 24.6 Å². The average Bonchev–Trinajstić information content (AvgIpc) is 3.20. The highest BCUT2D eigenvalue weighted by Crippen LogP contribution is 2.34. The van der Waals surface area contributed by atoms with Crippen LogP contribution in [0.1, 0.15) is 35.7 Å². The summed E-state index contributed by atoms with van der Waals surface area (Å²) in [6.45, 7) is -0.682. The number of aromatic nitrogens is 4. The zero-order valence-electron chi connectivity index (χ0n) is 20.1. The SMILES string of the molecule is Cn1c(CN2CCC(c3ccnnc3OCc3ccc(Cl)cc3F)CC2)nc2c(OC(F)F)cccc21. The topological polar surface area (TPSA) is 65.3 Å². The number of halogens is 4. The van der Waals surface area contributed by atoms with E-state index in [1.165, 1.54) is 12.1 Å². The fourth-order valence-electron chi connectivity index (χ4n) is 4.71. The number of rotatable bonds is 8. The molecule has 0 saturated carbocycles. The number of likely N-dealkylation sites (tertiary alicyclic amines) is 1. The van der Waals surface area contributed by atoms with E-state index in [0.717, 1.165) is 42.8 Å². The van der Waals surface area contributed by atoms with Crippen molar-refractivity contribution in [3.63, 3.8) is 0 Å². The molecule has 3 heterocycles. The third-order valence-electron chi connectivity index (χ3n) is 6.67. The molecular weight excluding hydrogens is 507 g/mol.